The van der Waals surface area contributed by atoms with Crippen LogP contribution in [0.2, 0.25) is 0 Å². The molecule has 0 saturated heterocycles. The molecule has 0 fully saturated rings. The van der Waals surface area contributed by atoms with Gasteiger partial charge in [0, 0.05) is 25.5 Å². The summed E-state index contributed by atoms with van der Waals surface area (Å²) in [7, 11) is 0. The first-order valence-corrected chi connectivity index (χ1v) is 11.8. The van der Waals surface area contributed by atoms with E-state index in [1.807, 2.05) is 30.7 Å². The molecule has 1 aliphatic heterocycles. The van der Waals surface area contributed by atoms with E-state index in [2.05, 4.69) is 11.1 Å². The normalized spacial score (nSPS) is 13.1. The van der Waals surface area contributed by atoms with Crippen LogP contribution in [-0.2, 0) is 11.3 Å². The third kappa shape index (κ3) is 3.99. The van der Waals surface area contributed by atoms with Gasteiger partial charge in [0.15, 0.2) is 5.13 Å². The van der Waals surface area contributed by atoms with Crippen molar-refractivity contribution in [2.45, 2.75) is 26.8 Å². The van der Waals surface area contributed by atoms with E-state index in [1.54, 1.807) is 41.7 Å². The quantitative estimate of drug-likeness (QED) is 0.381. The summed E-state index contributed by atoms with van der Waals surface area (Å²) in [5, 5.41) is 0.566. The zero-order chi connectivity index (χ0) is 23.8. The second kappa shape index (κ2) is 8.83. The smallest absolute Gasteiger partial charge is 0.262 e. The molecule has 0 bridgehead atoms. The predicted molar refractivity (Wildman–Crippen MR) is 130 cm³/mol. The summed E-state index contributed by atoms with van der Waals surface area (Å²) >= 11 is 1.45. The van der Waals surface area contributed by atoms with E-state index in [-0.39, 0.29) is 12.5 Å². The number of carbonyl (C=O) groups is 3. The third-order valence-corrected chi connectivity index (χ3v) is 7.10. The van der Waals surface area contributed by atoms with Crippen LogP contribution in [0, 0.1) is 13.8 Å². The maximum atomic E-state index is 13.5. The molecule has 0 spiro atoms. The van der Waals surface area contributed by atoms with E-state index >= 15 is 0 Å². The van der Waals surface area contributed by atoms with E-state index in [4.69, 9.17) is 4.98 Å². The number of amides is 3. The van der Waals surface area contributed by atoms with Crippen LogP contribution in [-0.4, -0.2) is 50.2 Å². The van der Waals surface area contributed by atoms with Crippen molar-refractivity contribution >= 4 is 44.4 Å². The molecule has 3 amide bonds. The first kappa shape index (κ1) is 22.0. The van der Waals surface area contributed by atoms with Crippen LogP contribution in [0.3, 0.4) is 0 Å². The van der Waals surface area contributed by atoms with E-state index in [0.29, 0.717) is 35.8 Å². The fraction of sp³-hybridized carbons (Fsp3) is 0.240. The fourth-order valence-electron chi connectivity index (χ4n) is 4.24. The van der Waals surface area contributed by atoms with Crippen LogP contribution in [0.25, 0.3) is 10.2 Å². The Balaban J connectivity index is 1.42. The van der Waals surface area contributed by atoms with Crippen LogP contribution in [0.5, 0.6) is 0 Å². The molecule has 0 aliphatic carbocycles. The van der Waals surface area contributed by atoms with Crippen LogP contribution < -0.4 is 4.90 Å². The molecule has 0 radical (unpaired) electrons. The molecule has 34 heavy (non-hydrogen) atoms. The monoisotopic (exact) mass is 473 g/mol. The SMILES string of the molecule is Cc1cc(C)c2sc(N(CCCn3ccnc3)C(=O)CN3C(=O)c4ccccc4C3=O)nc2c1. The lowest BCUT2D eigenvalue weighted by molar-refractivity contribution is -0.119. The summed E-state index contributed by atoms with van der Waals surface area (Å²) in [4.78, 5) is 50.5. The number of thiazole rings is 1. The standard InChI is InChI=1S/C25H23N5O3S/c1-16-12-17(2)22-20(13-16)27-25(34-22)29(10-5-9-28-11-8-26-15-28)21(31)14-30-23(32)18-6-3-4-7-19(18)24(30)33/h3-4,6-8,11-13,15H,5,9-10,14H2,1-2H3. The molecule has 0 atom stereocenters. The summed E-state index contributed by atoms with van der Waals surface area (Å²) in [6.07, 6.45) is 5.98. The zero-order valence-corrected chi connectivity index (χ0v) is 19.7. The molecule has 0 N–H and O–H groups in total. The second-order valence-electron chi connectivity index (χ2n) is 8.37. The molecule has 5 rings (SSSR count). The number of hydrogen-bond donors (Lipinski definition) is 0. The Labute approximate surface area is 200 Å². The second-order valence-corrected chi connectivity index (χ2v) is 9.35. The lowest BCUT2D eigenvalue weighted by Gasteiger charge is -2.22. The summed E-state index contributed by atoms with van der Waals surface area (Å²) in [6, 6.07) is 10.7. The summed E-state index contributed by atoms with van der Waals surface area (Å²) in [5.41, 5.74) is 3.71. The van der Waals surface area contributed by atoms with E-state index in [0.717, 1.165) is 26.2 Å². The molecule has 4 aromatic rings. The van der Waals surface area contributed by atoms with Gasteiger partial charge in [-0.25, -0.2) is 9.97 Å². The van der Waals surface area contributed by atoms with Gasteiger partial charge >= 0.3 is 0 Å². The molecule has 3 heterocycles. The Morgan fingerprint density at radius 1 is 1.09 bits per heavy atom. The Bertz CT molecular complexity index is 1370. The number of carbonyl (C=O) groups excluding carboxylic acids is 3. The summed E-state index contributed by atoms with van der Waals surface area (Å²) in [6.45, 7) is 4.80. The van der Waals surface area contributed by atoms with Crippen LogP contribution in [0.15, 0.2) is 55.1 Å². The number of aromatic nitrogens is 3. The highest BCUT2D eigenvalue weighted by Gasteiger charge is 2.37. The topological polar surface area (TPSA) is 88.4 Å². The molecular formula is C25H23N5O3S. The van der Waals surface area contributed by atoms with Gasteiger partial charge in [0.05, 0.1) is 27.7 Å². The van der Waals surface area contributed by atoms with Crippen LogP contribution in [0.4, 0.5) is 5.13 Å². The molecule has 2 aromatic heterocycles. The van der Waals surface area contributed by atoms with Gasteiger partial charge in [0.25, 0.3) is 11.8 Å². The van der Waals surface area contributed by atoms with Crippen molar-refractivity contribution in [2.24, 2.45) is 0 Å². The molecular weight excluding hydrogens is 450 g/mol. The molecule has 1 aliphatic rings. The minimum atomic E-state index is -0.442. The van der Waals surface area contributed by atoms with Crippen molar-refractivity contribution in [1.82, 2.24) is 19.4 Å². The van der Waals surface area contributed by atoms with E-state index in [9.17, 15) is 14.4 Å². The largest absolute Gasteiger partial charge is 0.337 e. The molecule has 172 valence electrons. The van der Waals surface area contributed by atoms with Gasteiger partial charge in [-0.3, -0.25) is 24.2 Å². The Hall–Kier alpha value is -3.85. The van der Waals surface area contributed by atoms with Crippen LogP contribution in [0.1, 0.15) is 38.3 Å². The maximum absolute atomic E-state index is 13.5. The Morgan fingerprint density at radius 2 is 1.82 bits per heavy atom. The number of anilines is 1. The number of imide groups is 1. The fourth-order valence-corrected chi connectivity index (χ4v) is 5.30. The lowest BCUT2D eigenvalue weighted by atomic mass is 10.1. The third-order valence-electron chi connectivity index (χ3n) is 5.87. The van der Waals surface area contributed by atoms with Gasteiger partial charge < -0.3 is 4.57 Å². The van der Waals surface area contributed by atoms with Crippen molar-refractivity contribution < 1.29 is 14.4 Å². The average Bonchev–Trinajstić information content (AvgIpc) is 3.53. The predicted octanol–water partition coefficient (Wildman–Crippen LogP) is 3.83. The van der Waals surface area contributed by atoms with Gasteiger partial charge in [-0.2, -0.15) is 0 Å². The van der Waals surface area contributed by atoms with Crippen molar-refractivity contribution in [3.05, 3.63) is 77.4 Å². The lowest BCUT2D eigenvalue weighted by Crippen LogP contribution is -2.43. The van der Waals surface area contributed by atoms with Gasteiger partial charge in [0.2, 0.25) is 5.91 Å². The maximum Gasteiger partial charge on any atom is 0.262 e. The minimum absolute atomic E-state index is 0.328. The number of hydrogen-bond acceptors (Lipinski definition) is 6. The summed E-state index contributed by atoms with van der Waals surface area (Å²) in [5.74, 6) is -1.22. The number of imidazole rings is 1. The molecule has 8 nitrogen and oxygen atoms in total. The number of rotatable bonds is 7. The highest BCUT2D eigenvalue weighted by atomic mass is 32.1. The number of aryl methyl sites for hydroxylation is 3. The summed E-state index contributed by atoms with van der Waals surface area (Å²) < 4.78 is 2.97. The first-order chi connectivity index (χ1) is 16.4. The molecule has 0 unspecified atom stereocenters. The van der Waals surface area contributed by atoms with Crippen molar-refractivity contribution in [2.75, 3.05) is 18.0 Å². The van der Waals surface area contributed by atoms with Crippen molar-refractivity contribution in [1.29, 1.82) is 0 Å². The molecule has 9 heteroatoms. The van der Waals surface area contributed by atoms with E-state index in [1.165, 1.54) is 11.3 Å². The van der Waals surface area contributed by atoms with Crippen molar-refractivity contribution in [3.63, 3.8) is 0 Å². The zero-order valence-electron chi connectivity index (χ0n) is 18.9. The Kier molecular flexibility index (Phi) is 5.70. The van der Waals surface area contributed by atoms with Gasteiger partial charge in [-0.05, 0) is 49.6 Å². The number of fused-ring (bicyclic) bond motifs is 2. The number of benzene rings is 2. The first-order valence-electron chi connectivity index (χ1n) is 11.0. The minimum Gasteiger partial charge on any atom is -0.337 e. The molecule has 0 saturated carbocycles. The van der Waals surface area contributed by atoms with Crippen LogP contribution >= 0.6 is 11.3 Å². The molecule has 2 aromatic carbocycles. The number of nitrogens with zero attached hydrogens (tertiary/aromatic N) is 5. The highest BCUT2D eigenvalue weighted by Crippen LogP contribution is 2.33. The van der Waals surface area contributed by atoms with E-state index < -0.39 is 11.8 Å². The van der Waals surface area contributed by atoms with Crippen molar-refractivity contribution in [3.8, 4) is 0 Å². The van der Waals surface area contributed by atoms with Gasteiger partial charge in [-0.15, -0.1) is 0 Å². The highest BCUT2D eigenvalue weighted by molar-refractivity contribution is 7.22. The Morgan fingerprint density at radius 3 is 2.50 bits per heavy atom. The van der Waals surface area contributed by atoms with Gasteiger partial charge in [0.1, 0.15) is 6.54 Å². The average molecular weight is 474 g/mol. The van der Waals surface area contributed by atoms with Gasteiger partial charge in [-0.1, -0.05) is 29.5 Å².